The summed E-state index contributed by atoms with van der Waals surface area (Å²) in [5.41, 5.74) is 6.62. The summed E-state index contributed by atoms with van der Waals surface area (Å²) in [6, 6.07) is 4.86. The van der Waals surface area contributed by atoms with E-state index in [1.54, 1.807) is 23.6 Å². The van der Waals surface area contributed by atoms with Crippen molar-refractivity contribution in [3.63, 3.8) is 0 Å². The van der Waals surface area contributed by atoms with Crippen LogP contribution in [0.2, 0.25) is 5.02 Å². The standard InChI is InChI=1S/C13H13ClN2O3S/c1-18-10-6-9(11(19-2)5-7(10)14)16-13(17)12-8(15)3-4-20-12/h3-6H,15H2,1-2H3,(H,16,17). The van der Waals surface area contributed by atoms with Crippen LogP contribution < -0.4 is 20.5 Å². The van der Waals surface area contributed by atoms with Crippen molar-refractivity contribution in [2.75, 3.05) is 25.3 Å². The Morgan fingerprint density at radius 2 is 2.00 bits per heavy atom. The van der Waals surface area contributed by atoms with E-state index in [0.717, 1.165) is 0 Å². The largest absolute Gasteiger partial charge is 0.495 e. The smallest absolute Gasteiger partial charge is 0.267 e. The van der Waals surface area contributed by atoms with Gasteiger partial charge in [0.25, 0.3) is 5.91 Å². The van der Waals surface area contributed by atoms with Gasteiger partial charge in [-0.15, -0.1) is 11.3 Å². The molecule has 0 atom stereocenters. The molecule has 1 heterocycles. The van der Waals surface area contributed by atoms with Crippen molar-refractivity contribution in [1.82, 2.24) is 0 Å². The monoisotopic (exact) mass is 312 g/mol. The number of amides is 1. The van der Waals surface area contributed by atoms with Gasteiger partial charge in [0.15, 0.2) is 0 Å². The Hall–Kier alpha value is -1.92. The summed E-state index contributed by atoms with van der Waals surface area (Å²) < 4.78 is 10.3. The summed E-state index contributed by atoms with van der Waals surface area (Å²) in [6.07, 6.45) is 0. The van der Waals surface area contributed by atoms with Crippen molar-refractivity contribution in [3.05, 3.63) is 33.5 Å². The van der Waals surface area contributed by atoms with E-state index in [9.17, 15) is 4.79 Å². The van der Waals surface area contributed by atoms with Gasteiger partial charge in [-0.05, 0) is 11.4 Å². The molecule has 5 nitrogen and oxygen atoms in total. The number of hydrogen-bond acceptors (Lipinski definition) is 5. The van der Waals surface area contributed by atoms with Gasteiger partial charge in [0.05, 0.1) is 30.6 Å². The maximum absolute atomic E-state index is 12.1. The molecule has 2 aromatic rings. The van der Waals surface area contributed by atoms with Crippen molar-refractivity contribution in [2.45, 2.75) is 0 Å². The second kappa shape index (κ2) is 6.02. The molecule has 0 radical (unpaired) electrons. The van der Waals surface area contributed by atoms with E-state index in [0.29, 0.717) is 32.8 Å². The van der Waals surface area contributed by atoms with Gasteiger partial charge in [-0.25, -0.2) is 0 Å². The third-order valence-electron chi connectivity index (χ3n) is 2.62. The number of halogens is 1. The Morgan fingerprint density at radius 3 is 2.55 bits per heavy atom. The van der Waals surface area contributed by atoms with E-state index in [-0.39, 0.29) is 5.91 Å². The molecule has 0 spiro atoms. The molecule has 1 aromatic heterocycles. The number of benzene rings is 1. The fourth-order valence-corrected chi connectivity index (χ4v) is 2.58. The molecule has 0 bridgehead atoms. The van der Waals surface area contributed by atoms with Gasteiger partial charge < -0.3 is 20.5 Å². The Balaban J connectivity index is 2.33. The molecule has 106 valence electrons. The first kappa shape index (κ1) is 14.5. The predicted octanol–water partition coefficient (Wildman–Crippen LogP) is 3.25. The molecule has 0 saturated carbocycles. The molecule has 1 amide bonds. The molecule has 0 unspecified atom stereocenters. The lowest BCUT2D eigenvalue weighted by Gasteiger charge is -2.12. The van der Waals surface area contributed by atoms with E-state index in [1.165, 1.54) is 25.6 Å². The third-order valence-corrected chi connectivity index (χ3v) is 3.85. The molecule has 0 fully saturated rings. The zero-order valence-corrected chi connectivity index (χ0v) is 12.5. The lowest BCUT2D eigenvalue weighted by Crippen LogP contribution is -2.12. The maximum Gasteiger partial charge on any atom is 0.267 e. The SMILES string of the molecule is COc1cc(NC(=O)c2sccc2N)c(OC)cc1Cl. The van der Waals surface area contributed by atoms with Crippen LogP contribution in [0, 0.1) is 0 Å². The fourth-order valence-electron chi connectivity index (χ4n) is 1.64. The van der Waals surface area contributed by atoms with Crippen LogP contribution in [-0.2, 0) is 0 Å². The lowest BCUT2D eigenvalue weighted by atomic mass is 10.2. The van der Waals surface area contributed by atoms with E-state index in [2.05, 4.69) is 5.32 Å². The van der Waals surface area contributed by atoms with Gasteiger partial charge in [-0.2, -0.15) is 0 Å². The van der Waals surface area contributed by atoms with Gasteiger partial charge in [0.2, 0.25) is 0 Å². The Labute approximate surface area is 125 Å². The third kappa shape index (κ3) is 2.81. The molecule has 20 heavy (non-hydrogen) atoms. The van der Waals surface area contributed by atoms with Gasteiger partial charge in [-0.3, -0.25) is 4.79 Å². The van der Waals surface area contributed by atoms with Crippen LogP contribution in [0.15, 0.2) is 23.6 Å². The molecule has 1 aromatic carbocycles. The van der Waals surface area contributed by atoms with E-state index in [4.69, 9.17) is 26.8 Å². The molecule has 0 aliphatic heterocycles. The summed E-state index contributed by atoms with van der Waals surface area (Å²) in [5.74, 6) is 0.585. The number of ether oxygens (including phenoxy) is 2. The Morgan fingerprint density at radius 1 is 1.30 bits per heavy atom. The first-order valence-corrected chi connectivity index (χ1v) is 6.88. The van der Waals surface area contributed by atoms with Crippen LogP contribution in [-0.4, -0.2) is 20.1 Å². The van der Waals surface area contributed by atoms with Crippen molar-refractivity contribution < 1.29 is 14.3 Å². The summed E-state index contributed by atoms with van der Waals surface area (Å²) in [4.78, 5) is 12.6. The summed E-state index contributed by atoms with van der Waals surface area (Å²) in [5, 5.41) is 4.89. The number of carbonyl (C=O) groups excluding carboxylic acids is 1. The average Bonchev–Trinajstić information content (AvgIpc) is 2.86. The highest BCUT2D eigenvalue weighted by Crippen LogP contribution is 2.36. The van der Waals surface area contributed by atoms with Crippen LogP contribution in [0.4, 0.5) is 11.4 Å². The van der Waals surface area contributed by atoms with Crippen molar-refractivity contribution in [1.29, 1.82) is 0 Å². The maximum atomic E-state index is 12.1. The Kier molecular flexibility index (Phi) is 4.36. The number of nitrogens with two attached hydrogens (primary N) is 1. The molecule has 0 saturated heterocycles. The molecule has 2 rings (SSSR count). The number of nitrogen functional groups attached to an aromatic ring is 1. The molecule has 7 heteroatoms. The van der Waals surface area contributed by atoms with E-state index in [1.807, 2.05) is 0 Å². The first-order valence-electron chi connectivity index (χ1n) is 5.62. The average molecular weight is 313 g/mol. The van der Waals surface area contributed by atoms with Gasteiger partial charge >= 0.3 is 0 Å². The van der Waals surface area contributed by atoms with Crippen LogP contribution in [0.1, 0.15) is 9.67 Å². The summed E-state index contributed by atoms with van der Waals surface area (Å²) in [7, 11) is 2.99. The minimum absolute atomic E-state index is 0.305. The highest BCUT2D eigenvalue weighted by atomic mass is 35.5. The summed E-state index contributed by atoms with van der Waals surface area (Å²) >= 11 is 7.27. The van der Waals surface area contributed by atoms with Gasteiger partial charge in [-0.1, -0.05) is 11.6 Å². The molecule has 3 N–H and O–H groups in total. The summed E-state index contributed by atoms with van der Waals surface area (Å²) in [6.45, 7) is 0. The normalized spacial score (nSPS) is 10.2. The molecule has 0 aliphatic rings. The Bertz CT molecular complexity index is 643. The van der Waals surface area contributed by atoms with Crippen LogP contribution in [0.25, 0.3) is 0 Å². The quantitative estimate of drug-likeness (QED) is 0.909. The molecular formula is C13H13ClN2O3S. The lowest BCUT2D eigenvalue weighted by molar-refractivity contribution is 0.103. The molecule has 0 aliphatic carbocycles. The zero-order chi connectivity index (χ0) is 14.7. The number of carbonyl (C=O) groups is 1. The number of hydrogen-bond donors (Lipinski definition) is 2. The second-order valence-electron chi connectivity index (χ2n) is 3.85. The van der Waals surface area contributed by atoms with Crippen molar-refractivity contribution >= 4 is 40.2 Å². The minimum atomic E-state index is -0.305. The number of anilines is 2. The highest BCUT2D eigenvalue weighted by molar-refractivity contribution is 7.12. The van der Waals surface area contributed by atoms with E-state index < -0.39 is 0 Å². The van der Waals surface area contributed by atoms with E-state index >= 15 is 0 Å². The van der Waals surface area contributed by atoms with Crippen molar-refractivity contribution in [3.8, 4) is 11.5 Å². The highest BCUT2D eigenvalue weighted by Gasteiger charge is 2.16. The molecular weight excluding hydrogens is 300 g/mol. The van der Waals surface area contributed by atoms with Crippen LogP contribution >= 0.6 is 22.9 Å². The van der Waals surface area contributed by atoms with Crippen LogP contribution in [0.5, 0.6) is 11.5 Å². The van der Waals surface area contributed by atoms with Gasteiger partial charge in [0, 0.05) is 12.1 Å². The number of thiophene rings is 1. The minimum Gasteiger partial charge on any atom is -0.495 e. The zero-order valence-electron chi connectivity index (χ0n) is 10.9. The number of methoxy groups -OCH3 is 2. The van der Waals surface area contributed by atoms with Crippen molar-refractivity contribution in [2.24, 2.45) is 0 Å². The fraction of sp³-hybridized carbons (Fsp3) is 0.154. The second-order valence-corrected chi connectivity index (χ2v) is 5.17. The van der Waals surface area contributed by atoms with Crippen LogP contribution in [0.3, 0.4) is 0 Å². The number of rotatable bonds is 4. The van der Waals surface area contributed by atoms with Gasteiger partial charge in [0.1, 0.15) is 16.4 Å². The number of nitrogens with one attached hydrogen (secondary N) is 1. The topological polar surface area (TPSA) is 73.6 Å². The predicted molar refractivity (Wildman–Crippen MR) is 81.2 cm³/mol. The first-order chi connectivity index (χ1) is 9.56.